The van der Waals surface area contributed by atoms with E-state index in [1.54, 1.807) is 31.6 Å². The molecule has 0 aliphatic carbocycles. The molecule has 0 saturated carbocycles. The molecule has 0 atom stereocenters. The van der Waals surface area contributed by atoms with Crippen molar-refractivity contribution in [2.45, 2.75) is 0 Å². The lowest BCUT2D eigenvalue weighted by Gasteiger charge is -2.16. The lowest BCUT2D eigenvalue weighted by atomic mass is 10.3. The third-order valence-corrected chi connectivity index (χ3v) is 2.36. The Bertz CT molecular complexity index is 544. The van der Waals surface area contributed by atoms with Gasteiger partial charge < -0.3 is 10.3 Å². The highest BCUT2D eigenvalue weighted by Crippen LogP contribution is 2.13. The Morgan fingerprint density at radius 1 is 1.28 bits per heavy atom. The van der Waals surface area contributed by atoms with Crippen LogP contribution >= 0.6 is 0 Å². The van der Waals surface area contributed by atoms with Gasteiger partial charge in [-0.15, -0.1) is 0 Å². The number of hydrazine groups is 1. The van der Waals surface area contributed by atoms with Crippen LogP contribution in [0.1, 0.15) is 10.5 Å². The highest BCUT2D eigenvalue weighted by Gasteiger charge is 2.15. The number of nitrogens with two attached hydrogens (primary N) is 1. The topological polar surface area (TPSA) is 97.0 Å². The zero-order valence-electron chi connectivity index (χ0n) is 9.74. The normalized spacial score (nSPS) is 9.89. The molecule has 92 valence electrons. The average molecular weight is 244 g/mol. The largest absolute Gasteiger partial charge is 0.310 e. The van der Waals surface area contributed by atoms with E-state index < -0.39 is 0 Å². The van der Waals surface area contributed by atoms with Crippen molar-refractivity contribution in [3.8, 4) is 0 Å². The Hall–Kier alpha value is -2.54. The third-order valence-electron chi connectivity index (χ3n) is 2.36. The molecule has 0 fully saturated rings. The van der Waals surface area contributed by atoms with Gasteiger partial charge in [-0.2, -0.15) is 0 Å². The summed E-state index contributed by atoms with van der Waals surface area (Å²) in [6.07, 6.45) is 6.05. The predicted molar refractivity (Wildman–Crippen MR) is 66.8 cm³/mol. The fourth-order valence-electron chi connectivity index (χ4n) is 1.40. The first-order valence-electron chi connectivity index (χ1n) is 5.19. The molecular weight excluding hydrogens is 232 g/mol. The molecule has 0 bridgehead atoms. The van der Waals surface area contributed by atoms with E-state index in [1.807, 2.05) is 0 Å². The Morgan fingerprint density at radius 3 is 2.67 bits per heavy atom. The first-order valence-corrected chi connectivity index (χ1v) is 5.19. The van der Waals surface area contributed by atoms with E-state index in [0.717, 1.165) is 5.69 Å². The molecular formula is C11H12N6O. The minimum absolute atomic E-state index is 0.213. The van der Waals surface area contributed by atoms with Crippen molar-refractivity contribution in [1.29, 1.82) is 0 Å². The van der Waals surface area contributed by atoms with Gasteiger partial charge in [0.05, 0.1) is 12.4 Å². The summed E-state index contributed by atoms with van der Waals surface area (Å²) in [7, 11) is 1.65. The number of nitrogen functional groups attached to an aromatic ring is 1. The third kappa shape index (κ3) is 2.41. The van der Waals surface area contributed by atoms with Crippen molar-refractivity contribution in [1.82, 2.24) is 15.0 Å². The number of hydrogen-bond acceptors (Lipinski definition) is 6. The highest BCUT2D eigenvalue weighted by atomic mass is 16.2. The summed E-state index contributed by atoms with van der Waals surface area (Å²) in [5, 5.41) is 0. The number of nitrogens with zero attached hydrogens (tertiary/aromatic N) is 4. The maximum absolute atomic E-state index is 12.1. The number of amides is 1. The summed E-state index contributed by atoms with van der Waals surface area (Å²) in [5.74, 6) is 5.29. The molecule has 1 amide bonds. The molecule has 2 rings (SSSR count). The summed E-state index contributed by atoms with van der Waals surface area (Å²) in [5.41, 5.74) is 3.28. The number of rotatable bonds is 3. The Balaban J connectivity index is 2.25. The molecule has 0 aliphatic heterocycles. The second-order valence-electron chi connectivity index (χ2n) is 3.50. The second-order valence-corrected chi connectivity index (χ2v) is 3.50. The molecule has 2 aromatic rings. The molecule has 3 N–H and O–H groups in total. The van der Waals surface area contributed by atoms with Gasteiger partial charge in [0.2, 0.25) is 0 Å². The Morgan fingerprint density at radius 2 is 2.00 bits per heavy atom. The zero-order chi connectivity index (χ0) is 13.0. The molecule has 0 spiro atoms. The van der Waals surface area contributed by atoms with Crippen molar-refractivity contribution < 1.29 is 4.79 Å². The van der Waals surface area contributed by atoms with Crippen LogP contribution in [0.15, 0.2) is 36.9 Å². The van der Waals surface area contributed by atoms with Crippen molar-refractivity contribution in [3.63, 3.8) is 0 Å². The summed E-state index contributed by atoms with van der Waals surface area (Å²) in [4.78, 5) is 25.4. The van der Waals surface area contributed by atoms with Crippen LogP contribution in [0.2, 0.25) is 0 Å². The van der Waals surface area contributed by atoms with Crippen LogP contribution in [0.25, 0.3) is 0 Å². The van der Waals surface area contributed by atoms with E-state index in [9.17, 15) is 4.79 Å². The van der Waals surface area contributed by atoms with Crippen molar-refractivity contribution in [2.24, 2.45) is 5.84 Å². The van der Waals surface area contributed by atoms with Crippen LogP contribution in [0.4, 0.5) is 11.5 Å². The summed E-state index contributed by atoms with van der Waals surface area (Å²) in [6.45, 7) is 0. The molecule has 0 aromatic carbocycles. The van der Waals surface area contributed by atoms with Crippen molar-refractivity contribution in [2.75, 3.05) is 17.4 Å². The van der Waals surface area contributed by atoms with E-state index in [1.165, 1.54) is 17.3 Å². The molecule has 0 aliphatic rings. The summed E-state index contributed by atoms with van der Waals surface area (Å²) >= 11 is 0. The first kappa shape index (κ1) is 11.9. The van der Waals surface area contributed by atoms with Gasteiger partial charge in [-0.05, 0) is 12.1 Å². The number of carbonyl (C=O) groups excluding carboxylic acids is 1. The first-order chi connectivity index (χ1) is 8.72. The van der Waals surface area contributed by atoms with Crippen LogP contribution in [-0.4, -0.2) is 27.9 Å². The molecule has 7 heteroatoms. The minimum atomic E-state index is -0.272. The van der Waals surface area contributed by atoms with Crippen molar-refractivity contribution >= 4 is 17.4 Å². The molecule has 18 heavy (non-hydrogen) atoms. The average Bonchev–Trinajstić information content (AvgIpc) is 2.46. The quantitative estimate of drug-likeness (QED) is 0.600. The van der Waals surface area contributed by atoms with E-state index in [0.29, 0.717) is 5.82 Å². The second kappa shape index (κ2) is 5.19. The molecule has 0 unspecified atom stereocenters. The fourth-order valence-corrected chi connectivity index (χ4v) is 1.40. The fraction of sp³-hybridized carbons (Fsp3) is 0.0909. The van der Waals surface area contributed by atoms with Crippen LogP contribution in [0.5, 0.6) is 0 Å². The van der Waals surface area contributed by atoms with Gasteiger partial charge in [-0.3, -0.25) is 14.8 Å². The van der Waals surface area contributed by atoms with Gasteiger partial charge in [-0.1, -0.05) is 0 Å². The molecule has 7 nitrogen and oxygen atoms in total. The van der Waals surface area contributed by atoms with E-state index >= 15 is 0 Å². The minimum Gasteiger partial charge on any atom is -0.310 e. The maximum atomic E-state index is 12.1. The van der Waals surface area contributed by atoms with Crippen molar-refractivity contribution in [3.05, 3.63) is 42.6 Å². The van der Waals surface area contributed by atoms with Gasteiger partial charge in [0.15, 0.2) is 5.82 Å². The number of aromatic nitrogens is 3. The summed E-state index contributed by atoms with van der Waals surface area (Å²) in [6, 6.07) is 3.47. The van der Waals surface area contributed by atoms with E-state index in [4.69, 9.17) is 5.84 Å². The monoisotopic (exact) mass is 244 g/mol. The number of nitrogens with one attached hydrogen (secondary N) is 1. The zero-order valence-corrected chi connectivity index (χ0v) is 9.74. The predicted octanol–water partition coefficient (Wildman–Crippen LogP) is 0.434. The Labute approximate surface area is 104 Å². The lowest BCUT2D eigenvalue weighted by Crippen LogP contribution is -2.27. The van der Waals surface area contributed by atoms with Crippen LogP contribution in [0, 0.1) is 0 Å². The standard InChI is InChI=1S/C11H12N6O/c1-17(8-2-4-13-5-3-8)11(18)9-6-14-7-10(15-9)16-12/h2-7H,12H2,1H3,(H,15,16). The maximum Gasteiger partial charge on any atom is 0.278 e. The summed E-state index contributed by atoms with van der Waals surface area (Å²) < 4.78 is 0. The lowest BCUT2D eigenvalue weighted by molar-refractivity contribution is 0.0988. The molecule has 2 heterocycles. The van der Waals surface area contributed by atoms with Crippen LogP contribution in [0.3, 0.4) is 0 Å². The molecule has 2 aromatic heterocycles. The number of carbonyl (C=O) groups is 1. The number of pyridine rings is 1. The number of anilines is 2. The number of hydrogen-bond donors (Lipinski definition) is 2. The van der Waals surface area contributed by atoms with Gasteiger partial charge >= 0.3 is 0 Å². The highest BCUT2D eigenvalue weighted by molar-refractivity contribution is 6.04. The van der Waals surface area contributed by atoms with E-state index in [2.05, 4.69) is 20.4 Å². The van der Waals surface area contributed by atoms with E-state index in [-0.39, 0.29) is 11.6 Å². The van der Waals surface area contributed by atoms with Gasteiger partial charge in [0.25, 0.3) is 5.91 Å². The SMILES string of the molecule is CN(C(=O)c1cncc(NN)n1)c1ccncc1. The molecule has 0 radical (unpaired) electrons. The van der Waals surface area contributed by atoms with Crippen LogP contribution < -0.4 is 16.2 Å². The Kier molecular flexibility index (Phi) is 3.44. The van der Waals surface area contributed by atoms with Gasteiger partial charge in [0.1, 0.15) is 5.69 Å². The smallest absolute Gasteiger partial charge is 0.278 e. The van der Waals surface area contributed by atoms with Crippen LogP contribution in [-0.2, 0) is 0 Å². The molecule has 0 saturated heterocycles. The van der Waals surface area contributed by atoms with Gasteiger partial charge in [0, 0.05) is 25.1 Å². The van der Waals surface area contributed by atoms with Gasteiger partial charge in [-0.25, -0.2) is 10.8 Å².